The Labute approximate surface area is 180 Å². The molecule has 31 heavy (non-hydrogen) atoms. The standard InChI is InChI=1S/C22H27FN4O4/c1-15-6-4-5-9-22(15)20(30)27(21(31)24-22)14-18(28)25-10-12-26(13-11-25)19(29)16-7-2-3-8-17(16)23/h2-3,7-8,15H,4-6,9-14H2,1H3,(H,24,31). The largest absolute Gasteiger partial charge is 0.338 e. The van der Waals surface area contributed by atoms with Crippen LogP contribution in [0.3, 0.4) is 0 Å². The lowest BCUT2D eigenvalue weighted by atomic mass is 9.73. The summed E-state index contributed by atoms with van der Waals surface area (Å²) >= 11 is 0. The minimum atomic E-state index is -0.888. The summed E-state index contributed by atoms with van der Waals surface area (Å²) in [4.78, 5) is 54.9. The monoisotopic (exact) mass is 430 g/mol. The summed E-state index contributed by atoms with van der Waals surface area (Å²) in [5, 5.41) is 2.85. The summed E-state index contributed by atoms with van der Waals surface area (Å²) in [6.45, 7) is 2.73. The molecule has 2 heterocycles. The highest BCUT2D eigenvalue weighted by atomic mass is 19.1. The number of hydrogen-bond donors (Lipinski definition) is 1. The van der Waals surface area contributed by atoms with Crippen molar-refractivity contribution in [2.45, 2.75) is 38.1 Å². The van der Waals surface area contributed by atoms with Crippen molar-refractivity contribution in [3.05, 3.63) is 35.6 Å². The van der Waals surface area contributed by atoms with E-state index in [9.17, 15) is 23.6 Å². The van der Waals surface area contributed by atoms with Gasteiger partial charge in [0.15, 0.2) is 0 Å². The van der Waals surface area contributed by atoms with Gasteiger partial charge < -0.3 is 15.1 Å². The molecule has 2 unspecified atom stereocenters. The number of rotatable bonds is 3. The third-order valence-electron chi connectivity index (χ3n) is 6.82. The first-order valence-corrected chi connectivity index (χ1v) is 10.8. The van der Waals surface area contributed by atoms with Gasteiger partial charge >= 0.3 is 6.03 Å². The predicted octanol–water partition coefficient (Wildman–Crippen LogP) is 1.61. The quantitative estimate of drug-likeness (QED) is 0.738. The van der Waals surface area contributed by atoms with Crippen LogP contribution in [0.2, 0.25) is 0 Å². The molecule has 2 saturated heterocycles. The van der Waals surface area contributed by atoms with Crippen LogP contribution in [0.1, 0.15) is 43.0 Å². The molecule has 1 aromatic carbocycles. The van der Waals surface area contributed by atoms with Crippen molar-refractivity contribution in [2.24, 2.45) is 5.92 Å². The summed E-state index contributed by atoms with van der Waals surface area (Å²) in [7, 11) is 0. The van der Waals surface area contributed by atoms with Crippen LogP contribution in [0.15, 0.2) is 24.3 Å². The number of halogens is 1. The first kappa shape index (κ1) is 21.3. The van der Waals surface area contributed by atoms with Gasteiger partial charge in [0.1, 0.15) is 17.9 Å². The van der Waals surface area contributed by atoms with Crippen molar-refractivity contribution in [1.82, 2.24) is 20.0 Å². The fraction of sp³-hybridized carbons (Fsp3) is 0.545. The number of hydrogen-bond acceptors (Lipinski definition) is 4. The van der Waals surface area contributed by atoms with Crippen LogP contribution in [0.25, 0.3) is 0 Å². The summed E-state index contributed by atoms with van der Waals surface area (Å²) < 4.78 is 13.9. The number of nitrogens with one attached hydrogen (secondary N) is 1. The molecule has 2 aliphatic heterocycles. The van der Waals surface area contributed by atoms with Gasteiger partial charge in [0.25, 0.3) is 11.8 Å². The molecule has 5 amide bonds. The van der Waals surface area contributed by atoms with Crippen molar-refractivity contribution in [3.8, 4) is 0 Å². The second kappa shape index (κ2) is 8.28. The number of amides is 5. The van der Waals surface area contributed by atoms with E-state index in [1.165, 1.54) is 23.1 Å². The van der Waals surface area contributed by atoms with Gasteiger partial charge in [0.05, 0.1) is 5.56 Å². The molecule has 0 radical (unpaired) electrons. The highest BCUT2D eigenvalue weighted by Gasteiger charge is 2.55. The van der Waals surface area contributed by atoms with Crippen molar-refractivity contribution in [2.75, 3.05) is 32.7 Å². The molecule has 0 aromatic heterocycles. The average Bonchev–Trinajstić information content (AvgIpc) is 3.00. The maximum absolute atomic E-state index is 13.9. The Bertz CT molecular complexity index is 915. The van der Waals surface area contributed by atoms with Crippen LogP contribution in [-0.2, 0) is 9.59 Å². The number of carbonyl (C=O) groups is 4. The molecule has 9 heteroatoms. The summed E-state index contributed by atoms with van der Waals surface area (Å²) in [5.41, 5.74) is -0.881. The Balaban J connectivity index is 1.35. The van der Waals surface area contributed by atoms with Crippen LogP contribution in [0.4, 0.5) is 9.18 Å². The first-order chi connectivity index (χ1) is 14.8. The third-order valence-corrected chi connectivity index (χ3v) is 6.82. The van der Waals surface area contributed by atoms with Crippen molar-refractivity contribution in [1.29, 1.82) is 0 Å². The van der Waals surface area contributed by atoms with Gasteiger partial charge in [0, 0.05) is 26.2 Å². The highest BCUT2D eigenvalue weighted by molar-refractivity contribution is 6.09. The number of imide groups is 1. The second-order valence-corrected chi connectivity index (χ2v) is 8.59. The van der Waals surface area contributed by atoms with E-state index in [1.807, 2.05) is 6.92 Å². The van der Waals surface area contributed by atoms with Crippen LogP contribution in [-0.4, -0.2) is 76.7 Å². The lowest BCUT2D eigenvalue weighted by molar-refractivity contribution is -0.141. The van der Waals surface area contributed by atoms with Gasteiger partial charge in [-0.2, -0.15) is 0 Å². The number of urea groups is 1. The Kier molecular flexibility index (Phi) is 5.68. The lowest BCUT2D eigenvalue weighted by Gasteiger charge is -2.37. The molecule has 3 fully saturated rings. The Morgan fingerprint density at radius 1 is 1.10 bits per heavy atom. The smallest absolute Gasteiger partial charge is 0.325 e. The highest BCUT2D eigenvalue weighted by Crippen LogP contribution is 2.38. The first-order valence-electron chi connectivity index (χ1n) is 10.8. The van der Waals surface area contributed by atoms with E-state index in [2.05, 4.69) is 5.32 Å². The normalized spacial score (nSPS) is 26.4. The van der Waals surface area contributed by atoms with E-state index in [0.29, 0.717) is 6.42 Å². The molecule has 1 N–H and O–H groups in total. The van der Waals surface area contributed by atoms with Gasteiger partial charge in [0.2, 0.25) is 5.91 Å². The van der Waals surface area contributed by atoms with Crippen LogP contribution < -0.4 is 5.32 Å². The second-order valence-electron chi connectivity index (χ2n) is 8.59. The molecule has 3 aliphatic rings. The van der Waals surface area contributed by atoms with E-state index in [1.54, 1.807) is 11.0 Å². The van der Waals surface area contributed by atoms with Gasteiger partial charge in [-0.15, -0.1) is 0 Å². The van der Waals surface area contributed by atoms with Crippen molar-refractivity contribution < 1.29 is 23.6 Å². The van der Waals surface area contributed by atoms with Crippen LogP contribution in [0.5, 0.6) is 0 Å². The van der Waals surface area contributed by atoms with Gasteiger partial charge in [-0.1, -0.05) is 31.9 Å². The van der Waals surface area contributed by atoms with E-state index < -0.39 is 23.3 Å². The van der Waals surface area contributed by atoms with Crippen LogP contribution in [0, 0.1) is 11.7 Å². The number of benzene rings is 1. The van der Waals surface area contributed by atoms with Crippen molar-refractivity contribution >= 4 is 23.8 Å². The van der Waals surface area contributed by atoms with Gasteiger partial charge in [-0.25, -0.2) is 9.18 Å². The third kappa shape index (κ3) is 3.77. The molecule has 1 aliphatic carbocycles. The zero-order valence-electron chi connectivity index (χ0n) is 17.6. The molecule has 166 valence electrons. The topological polar surface area (TPSA) is 90.0 Å². The fourth-order valence-electron chi connectivity index (χ4n) is 4.84. The molecule has 2 atom stereocenters. The number of carbonyl (C=O) groups excluding carboxylic acids is 4. The predicted molar refractivity (Wildman–Crippen MR) is 109 cm³/mol. The summed E-state index contributed by atoms with van der Waals surface area (Å²) in [6.07, 6.45) is 3.36. The molecule has 1 spiro atoms. The Hall–Kier alpha value is -2.97. The molecule has 4 rings (SSSR count). The molecule has 1 aromatic rings. The zero-order chi connectivity index (χ0) is 22.2. The molecular formula is C22H27FN4O4. The molecule has 1 saturated carbocycles. The van der Waals surface area contributed by atoms with E-state index >= 15 is 0 Å². The Morgan fingerprint density at radius 3 is 2.45 bits per heavy atom. The van der Waals surface area contributed by atoms with Gasteiger partial charge in [-0.3, -0.25) is 19.3 Å². The lowest BCUT2D eigenvalue weighted by Crippen LogP contribution is -2.55. The molecule has 8 nitrogen and oxygen atoms in total. The fourth-order valence-corrected chi connectivity index (χ4v) is 4.84. The Morgan fingerprint density at radius 2 is 1.77 bits per heavy atom. The summed E-state index contributed by atoms with van der Waals surface area (Å²) in [6, 6.07) is 5.30. The van der Waals surface area contributed by atoms with E-state index in [-0.39, 0.29) is 56.0 Å². The summed E-state index contributed by atoms with van der Waals surface area (Å²) in [5.74, 6) is -1.60. The molecule has 0 bridgehead atoms. The van der Waals surface area contributed by atoms with Crippen LogP contribution >= 0.6 is 0 Å². The molecular weight excluding hydrogens is 403 g/mol. The SMILES string of the molecule is CC1CCCCC12NC(=O)N(CC(=O)N1CCN(C(=O)c3ccccc3F)CC1)C2=O. The maximum atomic E-state index is 13.9. The maximum Gasteiger partial charge on any atom is 0.325 e. The minimum Gasteiger partial charge on any atom is -0.338 e. The minimum absolute atomic E-state index is 0.00788. The average molecular weight is 430 g/mol. The van der Waals surface area contributed by atoms with E-state index in [4.69, 9.17) is 0 Å². The van der Waals surface area contributed by atoms with Crippen molar-refractivity contribution in [3.63, 3.8) is 0 Å². The zero-order valence-corrected chi connectivity index (χ0v) is 17.6. The number of nitrogens with zero attached hydrogens (tertiary/aromatic N) is 3. The van der Waals surface area contributed by atoms with E-state index in [0.717, 1.165) is 24.2 Å². The van der Waals surface area contributed by atoms with Gasteiger partial charge in [-0.05, 0) is 30.9 Å². The number of piperazine rings is 1.